The van der Waals surface area contributed by atoms with Crippen molar-refractivity contribution in [1.82, 2.24) is 0 Å². The molecule has 226 valence electrons. The molecule has 0 unspecified atom stereocenters. The first kappa shape index (κ1) is 37.1. The van der Waals surface area contributed by atoms with Gasteiger partial charge in [-0.1, -0.05) is 115 Å². The van der Waals surface area contributed by atoms with E-state index < -0.39 is 6.10 Å². The fraction of sp³-hybridized carbons (Fsp3) is 0.765. The van der Waals surface area contributed by atoms with E-state index in [9.17, 15) is 14.7 Å². The number of carbonyl (C=O) groups excluding carboxylic acids is 2. The zero-order chi connectivity index (χ0) is 28.7. The summed E-state index contributed by atoms with van der Waals surface area (Å²) < 4.78 is 10.5. The van der Waals surface area contributed by atoms with E-state index in [2.05, 4.69) is 50.3 Å². The van der Waals surface area contributed by atoms with Crippen molar-refractivity contribution in [1.29, 1.82) is 0 Å². The van der Waals surface area contributed by atoms with Gasteiger partial charge in [-0.15, -0.1) is 0 Å². The molecular weight excluding hydrogens is 488 g/mol. The Labute approximate surface area is 240 Å². The number of hydrogen-bond donors (Lipinski definition) is 1. The van der Waals surface area contributed by atoms with Gasteiger partial charge >= 0.3 is 11.9 Å². The Morgan fingerprint density at radius 3 is 1.54 bits per heavy atom. The molecule has 0 bridgehead atoms. The van der Waals surface area contributed by atoms with Crippen LogP contribution in [0.1, 0.15) is 149 Å². The van der Waals surface area contributed by atoms with Gasteiger partial charge < -0.3 is 14.6 Å². The lowest BCUT2D eigenvalue weighted by atomic mass is 10.1. The van der Waals surface area contributed by atoms with Gasteiger partial charge in [-0.3, -0.25) is 9.59 Å². The Kier molecular flexibility index (Phi) is 29.2. The van der Waals surface area contributed by atoms with Gasteiger partial charge in [0.25, 0.3) is 0 Å². The van der Waals surface area contributed by atoms with Crippen molar-refractivity contribution >= 4 is 11.9 Å². The third kappa shape index (κ3) is 28.9. The monoisotopic (exact) mass is 548 g/mol. The Hall–Kier alpha value is -1.88. The molecule has 0 saturated heterocycles. The van der Waals surface area contributed by atoms with Crippen LogP contribution in [0, 0.1) is 0 Å². The van der Waals surface area contributed by atoms with Crippen molar-refractivity contribution in [2.24, 2.45) is 0 Å². The first-order valence-corrected chi connectivity index (χ1v) is 16.0. The maximum absolute atomic E-state index is 12.1. The van der Waals surface area contributed by atoms with Gasteiger partial charge in [-0.05, 0) is 57.8 Å². The maximum atomic E-state index is 12.1. The smallest absolute Gasteiger partial charge is 0.306 e. The molecule has 0 aliphatic rings. The van der Waals surface area contributed by atoms with E-state index in [0.717, 1.165) is 64.2 Å². The molecule has 0 fully saturated rings. The predicted octanol–water partition coefficient (Wildman–Crippen LogP) is 9.33. The molecule has 0 aliphatic heterocycles. The van der Waals surface area contributed by atoms with E-state index in [4.69, 9.17) is 9.47 Å². The third-order valence-electron chi connectivity index (χ3n) is 6.66. The van der Waals surface area contributed by atoms with Gasteiger partial charge in [0.1, 0.15) is 6.61 Å². The van der Waals surface area contributed by atoms with E-state index in [0.29, 0.717) is 12.8 Å². The quantitative estimate of drug-likeness (QED) is 0.0599. The fourth-order valence-electron chi connectivity index (χ4n) is 4.14. The predicted molar refractivity (Wildman–Crippen MR) is 164 cm³/mol. The number of ether oxygens (including phenoxy) is 2. The van der Waals surface area contributed by atoms with Crippen LogP contribution in [-0.2, 0) is 19.1 Å². The Morgan fingerprint density at radius 2 is 1.03 bits per heavy atom. The zero-order valence-corrected chi connectivity index (χ0v) is 25.4. The summed E-state index contributed by atoms with van der Waals surface area (Å²) in [5, 5.41) is 9.48. The summed E-state index contributed by atoms with van der Waals surface area (Å²) in [7, 11) is 0. The normalized spacial score (nSPS) is 12.6. The summed E-state index contributed by atoms with van der Waals surface area (Å²) in [4.78, 5) is 24.0. The SMILES string of the molecule is CCCC/C=C\C/C=C\CCCCCCCC(=O)O[C@@H](CO)COC(=O)CCCCCCC/C=C\CCCC. The number of aliphatic hydroxyl groups excluding tert-OH is 1. The molecule has 5 heteroatoms. The lowest BCUT2D eigenvalue weighted by Crippen LogP contribution is -2.28. The van der Waals surface area contributed by atoms with Crippen LogP contribution < -0.4 is 0 Å². The number of aliphatic hydroxyl groups is 1. The van der Waals surface area contributed by atoms with Crippen LogP contribution in [0.2, 0.25) is 0 Å². The largest absolute Gasteiger partial charge is 0.462 e. The van der Waals surface area contributed by atoms with Crippen LogP contribution in [-0.4, -0.2) is 36.4 Å². The van der Waals surface area contributed by atoms with Crippen molar-refractivity contribution in [3.8, 4) is 0 Å². The maximum Gasteiger partial charge on any atom is 0.306 e. The van der Waals surface area contributed by atoms with Crippen LogP contribution in [0.15, 0.2) is 36.5 Å². The molecule has 0 aromatic rings. The molecule has 39 heavy (non-hydrogen) atoms. The van der Waals surface area contributed by atoms with Gasteiger partial charge in [0.15, 0.2) is 6.10 Å². The zero-order valence-electron chi connectivity index (χ0n) is 25.4. The molecule has 0 aliphatic carbocycles. The van der Waals surface area contributed by atoms with E-state index >= 15 is 0 Å². The summed E-state index contributed by atoms with van der Waals surface area (Å²) >= 11 is 0. The topological polar surface area (TPSA) is 72.8 Å². The molecule has 1 N–H and O–H groups in total. The molecule has 0 heterocycles. The van der Waals surface area contributed by atoms with Crippen molar-refractivity contribution in [3.05, 3.63) is 36.5 Å². The standard InChI is InChI=1S/C34H60O5/c1-3-5-7-9-11-13-15-16-17-19-21-23-25-27-29-34(37)39-32(30-35)31-38-33(36)28-26-24-22-20-18-14-12-10-8-6-4-2/h9-12,15-16,32,35H,3-8,13-14,17-31H2,1-2H3/b11-9-,12-10-,16-15-/t32-/m0/s1. The highest BCUT2D eigenvalue weighted by Gasteiger charge is 2.16. The number of rotatable bonds is 28. The highest BCUT2D eigenvalue weighted by atomic mass is 16.6. The molecule has 0 spiro atoms. The molecule has 5 nitrogen and oxygen atoms in total. The minimum atomic E-state index is -0.778. The third-order valence-corrected chi connectivity index (χ3v) is 6.66. The average molecular weight is 549 g/mol. The molecule has 0 amide bonds. The van der Waals surface area contributed by atoms with Crippen LogP contribution in [0.25, 0.3) is 0 Å². The second-order valence-electron chi connectivity index (χ2n) is 10.5. The van der Waals surface area contributed by atoms with Crippen LogP contribution in [0.4, 0.5) is 0 Å². The van der Waals surface area contributed by atoms with Crippen molar-refractivity contribution < 1.29 is 24.2 Å². The molecule has 0 saturated carbocycles. The van der Waals surface area contributed by atoms with E-state index in [1.165, 1.54) is 57.8 Å². The minimum absolute atomic E-state index is 0.0759. The summed E-state index contributed by atoms with van der Waals surface area (Å²) in [5.41, 5.74) is 0. The van der Waals surface area contributed by atoms with Crippen molar-refractivity contribution in [3.63, 3.8) is 0 Å². The van der Waals surface area contributed by atoms with Crippen molar-refractivity contribution in [2.45, 2.75) is 155 Å². The molecule has 0 aromatic heterocycles. The first-order chi connectivity index (χ1) is 19.1. The summed E-state index contributed by atoms with van der Waals surface area (Å²) in [5.74, 6) is -0.623. The second-order valence-corrected chi connectivity index (χ2v) is 10.5. The van der Waals surface area contributed by atoms with Crippen LogP contribution in [0.5, 0.6) is 0 Å². The number of allylic oxidation sites excluding steroid dienone is 6. The highest BCUT2D eigenvalue weighted by molar-refractivity contribution is 5.70. The number of esters is 2. The first-order valence-electron chi connectivity index (χ1n) is 16.0. The van der Waals surface area contributed by atoms with E-state index in [-0.39, 0.29) is 25.2 Å². The molecule has 0 aromatic carbocycles. The van der Waals surface area contributed by atoms with E-state index in [1.54, 1.807) is 0 Å². The van der Waals surface area contributed by atoms with Gasteiger partial charge in [0.05, 0.1) is 6.61 Å². The Bertz CT molecular complexity index is 637. The highest BCUT2D eigenvalue weighted by Crippen LogP contribution is 2.11. The minimum Gasteiger partial charge on any atom is -0.462 e. The number of unbranched alkanes of at least 4 members (excludes halogenated alkanes) is 14. The second kappa shape index (κ2) is 30.7. The summed E-state index contributed by atoms with van der Waals surface area (Å²) in [6.07, 6.45) is 34.8. The van der Waals surface area contributed by atoms with Gasteiger partial charge in [0.2, 0.25) is 0 Å². The van der Waals surface area contributed by atoms with Gasteiger partial charge in [0, 0.05) is 12.8 Å². The van der Waals surface area contributed by atoms with Gasteiger partial charge in [-0.25, -0.2) is 0 Å². The van der Waals surface area contributed by atoms with Crippen LogP contribution >= 0.6 is 0 Å². The molecule has 0 radical (unpaired) electrons. The van der Waals surface area contributed by atoms with Gasteiger partial charge in [-0.2, -0.15) is 0 Å². The summed E-state index contributed by atoms with van der Waals surface area (Å²) in [6.45, 7) is 4.01. The average Bonchev–Trinajstić information content (AvgIpc) is 2.94. The summed E-state index contributed by atoms with van der Waals surface area (Å²) in [6, 6.07) is 0. The molecular formula is C34H60O5. The lowest BCUT2D eigenvalue weighted by molar-refractivity contribution is -0.161. The lowest BCUT2D eigenvalue weighted by Gasteiger charge is -2.15. The number of carbonyl (C=O) groups is 2. The fourth-order valence-corrected chi connectivity index (χ4v) is 4.14. The Balaban J connectivity index is 3.64. The van der Waals surface area contributed by atoms with E-state index in [1.807, 2.05) is 0 Å². The Morgan fingerprint density at radius 1 is 0.590 bits per heavy atom. The number of hydrogen-bond acceptors (Lipinski definition) is 5. The van der Waals surface area contributed by atoms with Crippen molar-refractivity contribution in [2.75, 3.05) is 13.2 Å². The molecule has 1 atom stereocenters. The molecule has 0 rings (SSSR count). The van der Waals surface area contributed by atoms with Crippen LogP contribution in [0.3, 0.4) is 0 Å².